The standard InChI is InChI=1S/C24H23N3O6.C21H23F3N3S.ClH.Ru/c1-3-25-18(11-15(1)22-28-5-6-29-22)20-13-17(24-32-9-10-33-24)14-21(27-20)19-12-16(2-4-26-19)23-30-7-8-31-23;1-2-3-4-5-6-16-9-10-17(28-16)8-7-15-11-12-27-19(13-15)18(25)14-20(26)21(22,23)24;;/h1-4,11-14,22-24H,5-10H2;7-14,25-26H,2-6H2,1H3;1H;/q;-1;;+2/p-1/b;8-7+,18-14-,26-20?;;. The fourth-order valence-electron chi connectivity index (χ4n) is 6.59. The topological polar surface area (TPSA) is 155 Å². The van der Waals surface area contributed by atoms with Crippen LogP contribution in [0.15, 0.2) is 85.3 Å². The van der Waals surface area contributed by atoms with Crippen LogP contribution < -0.4 is 0 Å². The van der Waals surface area contributed by atoms with Crippen molar-refractivity contribution in [3.8, 4) is 22.8 Å². The summed E-state index contributed by atoms with van der Waals surface area (Å²) in [6.45, 7) is 5.59. The Hall–Kier alpha value is -4.29. The fraction of sp³-hybridized carbons (Fsp3) is 0.356. The summed E-state index contributed by atoms with van der Waals surface area (Å²) in [5.41, 5.74) is 12.0. The van der Waals surface area contributed by atoms with Gasteiger partial charge in [0, 0.05) is 50.7 Å². The van der Waals surface area contributed by atoms with Crippen LogP contribution >= 0.6 is 21.0 Å². The number of hydrogen-bond donors (Lipinski definition) is 1. The second kappa shape index (κ2) is 24.1. The molecule has 0 aliphatic carbocycles. The maximum atomic E-state index is 12.4. The summed E-state index contributed by atoms with van der Waals surface area (Å²) in [5.74, 6) is 0. The van der Waals surface area contributed by atoms with Gasteiger partial charge >= 0.3 is 33.2 Å². The maximum absolute atomic E-state index is 12.4. The predicted octanol–water partition coefficient (Wildman–Crippen LogP) is 11.4. The van der Waals surface area contributed by atoms with Crippen molar-refractivity contribution >= 4 is 44.6 Å². The first-order valence-corrected chi connectivity index (χ1v) is 23.3. The van der Waals surface area contributed by atoms with E-state index in [1.807, 2.05) is 65.9 Å². The van der Waals surface area contributed by atoms with Crippen molar-refractivity contribution in [3.63, 3.8) is 0 Å². The van der Waals surface area contributed by atoms with E-state index in [0.717, 1.165) is 33.6 Å². The van der Waals surface area contributed by atoms with Crippen LogP contribution in [-0.2, 0) is 52.2 Å². The van der Waals surface area contributed by atoms with Gasteiger partial charge in [-0.25, -0.2) is 4.98 Å². The summed E-state index contributed by atoms with van der Waals surface area (Å²) < 4.78 is 71.4. The number of pyridine rings is 4. The van der Waals surface area contributed by atoms with Gasteiger partial charge in [-0.1, -0.05) is 32.3 Å². The SMILES string of the molecule is CCCCCCc1ccc(/C=C/c2ccnc(/C([NH-])=C/C(=N)C(F)(F)F)c2)s1.[Cl][Ru+].c1cc(C2OCCO2)cc(-c2cc(C3OCCO3)cc(-c3cc(C4OCCO4)ccn3)n2)n1. The van der Waals surface area contributed by atoms with Gasteiger partial charge < -0.3 is 34.2 Å². The van der Waals surface area contributed by atoms with Crippen molar-refractivity contribution in [2.24, 2.45) is 0 Å². The zero-order valence-electron chi connectivity index (χ0n) is 34.3. The van der Waals surface area contributed by atoms with Crippen LogP contribution in [0.2, 0.25) is 0 Å². The van der Waals surface area contributed by atoms with E-state index in [0.29, 0.717) is 68.5 Å². The molecule has 3 aliphatic heterocycles. The third kappa shape index (κ3) is 14.1. The van der Waals surface area contributed by atoms with Gasteiger partial charge in [-0.3, -0.25) is 20.4 Å². The molecule has 334 valence electrons. The number of nitrogens with one attached hydrogen (secondary N) is 2. The molecule has 3 fully saturated rings. The summed E-state index contributed by atoms with van der Waals surface area (Å²) in [6, 6.07) is 19.0. The molecule has 0 unspecified atom stereocenters. The largest absolute Gasteiger partial charge is 0.346 e. The van der Waals surface area contributed by atoms with Gasteiger partial charge in [0.15, 0.2) is 18.9 Å². The average molecular weight is 992 g/mol. The molecule has 0 amide bonds. The minimum atomic E-state index is -4.77. The molecule has 0 saturated carbocycles. The first-order valence-electron chi connectivity index (χ1n) is 20.2. The van der Waals surface area contributed by atoms with Crippen LogP contribution in [0.5, 0.6) is 0 Å². The molecule has 63 heavy (non-hydrogen) atoms. The van der Waals surface area contributed by atoms with Crippen LogP contribution in [-0.4, -0.2) is 71.5 Å². The Morgan fingerprint density at radius 2 is 1.24 bits per heavy atom. The maximum Gasteiger partial charge on any atom is 0.184 e. The number of ether oxygens (including phenoxy) is 6. The number of aryl methyl sites for hydroxylation is 1. The van der Waals surface area contributed by atoms with Crippen molar-refractivity contribution in [3.05, 3.63) is 129 Å². The van der Waals surface area contributed by atoms with Crippen molar-refractivity contribution in [2.45, 2.75) is 64.1 Å². The van der Waals surface area contributed by atoms with Gasteiger partial charge in [-0.05, 0) is 91.2 Å². The van der Waals surface area contributed by atoms with E-state index in [9.17, 15) is 13.2 Å². The zero-order valence-corrected chi connectivity index (χ0v) is 37.6. The number of unbranched alkanes of at least 4 members (excludes halogenated alkanes) is 3. The third-order valence-electron chi connectivity index (χ3n) is 9.68. The number of rotatable bonds is 14. The van der Waals surface area contributed by atoms with Gasteiger partial charge in [0.2, 0.25) is 0 Å². The molecule has 2 N–H and O–H groups in total. The van der Waals surface area contributed by atoms with Crippen LogP contribution in [0.1, 0.15) is 89.2 Å². The van der Waals surface area contributed by atoms with Crippen molar-refractivity contribution in [1.29, 1.82) is 5.41 Å². The van der Waals surface area contributed by atoms with E-state index in [2.05, 4.69) is 43.7 Å². The van der Waals surface area contributed by atoms with E-state index in [1.54, 1.807) is 29.8 Å². The molecule has 5 aromatic heterocycles. The Morgan fingerprint density at radius 1 is 0.714 bits per heavy atom. The Morgan fingerprint density at radius 3 is 1.78 bits per heavy atom. The Kier molecular flexibility index (Phi) is 18.5. The minimum absolute atomic E-state index is 0.0962. The summed E-state index contributed by atoms with van der Waals surface area (Å²) in [4.78, 5) is 20.4. The average Bonchev–Trinajstić information content (AvgIpc) is 4.18. The Bertz CT molecular complexity index is 2240. The van der Waals surface area contributed by atoms with E-state index in [-0.39, 0.29) is 18.3 Å². The second-order valence-corrected chi connectivity index (χ2v) is 15.4. The van der Waals surface area contributed by atoms with E-state index < -0.39 is 23.9 Å². The van der Waals surface area contributed by atoms with E-state index in [4.69, 9.17) is 44.5 Å². The van der Waals surface area contributed by atoms with Crippen LogP contribution in [0.25, 0.3) is 46.4 Å². The van der Waals surface area contributed by atoms with Gasteiger partial charge in [-0.15, -0.1) is 17.0 Å². The molecular weight excluding hydrogens is 946 g/mol. The van der Waals surface area contributed by atoms with E-state index >= 15 is 0 Å². The molecule has 8 heterocycles. The Balaban J connectivity index is 0.000000205. The number of nitrogens with zero attached hydrogens (tertiary/aromatic N) is 4. The molecule has 8 rings (SSSR count). The molecule has 0 bridgehead atoms. The predicted molar refractivity (Wildman–Crippen MR) is 232 cm³/mol. The number of hydrogen-bond acceptors (Lipinski definition) is 12. The monoisotopic (exact) mass is 992 g/mol. The van der Waals surface area contributed by atoms with Crippen molar-refractivity contribution in [1.82, 2.24) is 19.9 Å². The zero-order chi connectivity index (χ0) is 44.6. The third-order valence-corrected chi connectivity index (χ3v) is 10.8. The molecule has 0 aromatic carbocycles. The number of thiophene rings is 1. The minimum Gasteiger partial charge on any atom is -0.346 e. The molecule has 18 heteroatoms. The number of halogens is 4. The number of aromatic nitrogens is 4. The van der Waals surface area contributed by atoms with E-state index in [1.165, 1.54) is 42.8 Å². The summed E-state index contributed by atoms with van der Waals surface area (Å²) in [5, 5.41) is 6.98. The number of allylic oxidation sites excluding steroid dienone is 1. The summed E-state index contributed by atoms with van der Waals surface area (Å²) in [7, 11) is 4.57. The van der Waals surface area contributed by atoms with Gasteiger partial charge in [-0.2, -0.15) is 13.2 Å². The first-order chi connectivity index (χ1) is 30.6. The van der Waals surface area contributed by atoms with Gasteiger partial charge in [0.05, 0.1) is 62.4 Å². The Labute approximate surface area is 382 Å². The molecule has 0 radical (unpaired) electrons. The van der Waals surface area contributed by atoms with Crippen LogP contribution in [0.3, 0.4) is 0 Å². The summed E-state index contributed by atoms with van der Waals surface area (Å²) >= 11 is 3.55. The smallest absolute Gasteiger partial charge is 0.184 e. The van der Waals surface area contributed by atoms with Gasteiger partial charge in [0.25, 0.3) is 0 Å². The van der Waals surface area contributed by atoms with Crippen molar-refractivity contribution < 1.29 is 58.9 Å². The quantitative estimate of drug-likeness (QED) is 0.0646. The first kappa shape index (κ1) is 48.2. The molecular formula is C45H46ClF3N6O6RuS. The van der Waals surface area contributed by atoms with Crippen molar-refractivity contribution in [2.75, 3.05) is 39.6 Å². The number of alkyl halides is 3. The van der Waals surface area contributed by atoms with Crippen LogP contribution in [0, 0.1) is 5.41 Å². The molecule has 0 spiro atoms. The van der Waals surface area contributed by atoms with Gasteiger partial charge in [0.1, 0.15) is 5.71 Å². The summed E-state index contributed by atoms with van der Waals surface area (Å²) in [6.07, 6.45) is 9.18. The molecule has 3 saturated heterocycles. The normalized spacial score (nSPS) is 16.3. The second-order valence-electron chi connectivity index (χ2n) is 14.2. The molecule has 12 nitrogen and oxygen atoms in total. The van der Waals surface area contributed by atoms with Crippen LogP contribution in [0.4, 0.5) is 13.2 Å². The fourth-order valence-corrected chi connectivity index (χ4v) is 7.55. The molecule has 3 aliphatic rings. The molecule has 5 aromatic rings. The molecule has 0 atom stereocenters.